The first kappa shape index (κ1) is 15.0. The van der Waals surface area contributed by atoms with Crippen molar-refractivity contribution in [3.8, 4) is 5.69 Å². The van der Waals surface area contributed by atoms with E-state index in [1.807, 2.05) is 20.8 Å². The van der Waals surface area contributed by atoms with E-state index in [9.17, 15) is 10.1 Å². The van der Waals surface area contributed by atoms with Crippen LogP contribution in [0.4, 0.5) is 5.69 Å². The Labute approximate surface area is 122 Å². The van der Waals surface area contributed by atoms with E-state index in [1.165, 1.54) is 0 Å². The molecule has 2 aromatic rings. The van der Waals surface area contributed by atoms with Crippen molar-refractivity contribution < 1.29 is 4.92 Å². The van der Waals surface area contributed by atoms with Gasteiger partial charge in [0.2, 0.25) is 0 Å². The van der Waals surface area contributed by atoms with Crippen LogP contribution < -0.4 is 5.32 Å². The second kappa shape index (κ2) is 5.96. The van der Waals surface area contributed by atoms with Crippen molar-refractivity contribution in [3.63, 3.8) is 0 Å². The van der Waals surface area contributed by atoms with Crippen LogP contribution in [0.1, 0.15) is 36.8 Å². The highest BCUT2D eigenvalue weighted by Gasteiger charge is 2.19. The van der Waals surface area contributed by atoms with Crippen molar-refractivity contribution in [2.24, 2.45) is 0 Å². The van der Waals surface area contributed by atoms with E-state index in [0.29, 0.717) is 11.4 Å². The molecule has 1 aromatic carbocycles. The molecule has 0 aliphatic carbocycles. The van der Waals surface area contributed by atoms with Gasteiger partial charge in [0.25, 0.3) is 5.69 Å². The molecule has 1 N–H and O–H groups in total. The molecule has 1 unspecified atom stereocenters. The van der Waals surface area contributed by atoms with E-state index in [1.54, 1.807) is 23.7 Å². The average Bonchev–Trinajstić information content (AvgIpc) is 2.90. The Morgan fingerprint density at radius 1 is 1.38 bits per heavy atom. The van der Waals surface area contributed by atoms with Gasteiger partial charge in [-0.2, -0.15) is 4.68 Å². The third-order valence-corrected chi connectivity index (χ3v) is 3.33. The van der Waals surface area contributed by atoms with Crippen molar-refractivity contribution in [3.05, 3.63) is 39.2 Å². The van der Waals surface area contributed by atoms with E-state index in [4.69, 9.17) is 0 Å². The topological polar surface area (TPSA) is 98.8 Å². The monoisotopic (exact) mass is 290 g/mol. The summed E-state index contributed by atoms with van der Waals surface area (Å²) < 4.78 is 1.62. The Hall–Kier alpha value is -2.35. The summed E-state index contributed by atoms with van der Waals surface area (Å²) in [6.45, 7) is 8.29. The number of hydrogen-bond donors (Lipinski definition) is 1. The molecule has 112 valence electrons. The van der Waals surface area contributed by atoms with Gasteiger partial charge in [0, 0.05) is 11.6 Å². The van der Waals surface area contributed by atoms with Gasteiger partial charge in [-0.1, -0.05) is 6.92 Å². The second-order valence-corrected chi connectivity index (χ2v) is 4.91. The van der Waals surface area contributed by atoms with Gasteiger partial charge in [0.05, 0.1) is 16.7 Å². The molecule has 0 saturated carbocycles. The smallest absolute Gasteiger partial charge is 0.272 e. The number of benzene rings is 1. The maximum atomic E-state index is 11.0. The molecule has 8 nitrogen and oxygen atoms in total. The molecule has 2 rings (SSSR count). The molecule has 1 heterocycles. The van der Waals surface area contributed by atoms with Crippen LogP contribution in [0, 0.1) is 24.0 Å². The summed E-state index contributed by atoms with van der Waals surface area (Å²) in [4.78, 5) is 10.6. The normalized spacial score (nSPS) is 12.4. The number of tetrazole rings is 1. The molecule has 21 heavy (non-hydrogen) atoms. The third-order valence-electron chi connectivity index (χ3n) is 3.33. The van der Waals surface area contributed by atoms with Crippen molar-refractivity contribution >= 4 is 5.69 Å². The molecule has 0 aliphatic heterocycles. The van der Waals surface area contributed by atoms with Crippen LogP contribution in [0.3, 0.4) is 0 Å². The lowest BCUT2D eigenvalue weighted by Gasteiger charge is -2.14. The lowest BCUT2D eigenvalue weighted by atomic mass is 10.1. The summed E-state index contributed by atoms with van der Waals surface area (Å²) in [6.07, 6.45) is 0. The first-order valence-corrected chi connectivity index (χ1v) is 6.73. The zero-order chi connectivity index (χ0) is 15.6. The van der Waals surface area contributed by atoms with Crippen LogP contribution in [-0.4, -0.2) is 31.7 Å². The fourth-order valence-electron chi connectivity index (χ4n) is 2.24. The number of nitrogens with one attached hydrogen (secondary N) is 1. The zero-order valence-corrected chi connectivity index (χ0v) is 12.5. The van der Waals surface area contributed by atoms with Crippen molar-refractivity contribution in [2.45, 2.75) is 33.7 Å². The third kappa shape index (κ3) is 2.89. The first-order valence-electron chi connectivity index (χ1n) is 6.73. The SMILES string of the molecule is CCNC(C)c1nnnn1-c1cc(C)c([N+](=O)[O-])cc1C. The fourth-order valence-corrected chi connectivity index (χ4v) is 2.24. The van der Waals surface area contributed by atoms with Crippen molar-refractivity contribution in [1.82, 2.24) is 25.5 Å². The van der Waals surface area contributed by atoms with Gasteiger partial charge in [-0.3, -0.25) is 10.1 Å². The molecular formula is C13H18N6O2. The molecular weight excluding hydrogens is 272 g/mol. The molecule has 0 spiro atoms. The Morgan fingerprint density at radius 3 is 2.71 bits per heavy atom. The number of rotatable bonds is 5. The lowest BCUT2D eigenvalue weighted by Crippen LogP contribution is -2.22. The van der Waals surface area contributed by atoms with Crippen LogP contribution in [0.25, 0.3) is 5.69 Å². The highest BCUT2D eigenvalue weighted by Crippen LogP contribution is 2.26. The van der Waals surface area contributed by atoms with Gasteiger partial charge in [-0.25, -0.2) is 0 Å². The summed E-state index contributed by atoms with van der Waals surface area (Å²) in [5, 5.41) is 26.0. The zero-order valence-electron chi connectivity index (χ0n) is 12.5. The summed E-state index contributed by atoms with van der Waals surface area (Å²) in [7, 11) is 0. The molecule has 0 amide bonds. The molecule has 0 saturated heterocycles. The molecule has 1 aromatic heterocycles. The van der Waals surface area contributed by atoms with Crippen LogP contribution in [0.15, 0.2) is 12.1 Å². The number of hydrogen-bond acceptors (Lipinski definition) is 6. The molecule has 8 heteroatoms. The van der Waals surface area contributed by atoms with Gasteiger partial charge >= 0.3 is 0 Å². The first-order chi connectivity index (χ1) is 9.95. The number of aryl methyl sites for hydroxylation is 2. The van der Waals surface area contributed by atoms with E-state index >= 15 is 0 Å². The maximum absolute atomic E-state index is 11.0. The second-order valence-electron chi connectivity index (χ2n) is 4.91. The van der Waals surface area contributed by atoms with Gasteiger partial charge in [-0.15, -0.1) is 5.10 Å². The van der Waals surface area contributed by atoms with E-state index in [-0.39, 0.29) is 16.7 Å². The van der Waals surface area contributed by atoms with Gasteiger partial charge < -0.3 is 5.32 Å². The average molecular weight is 290 g/mol. The summed E-state index contributed by atoms with van der Waals surface area (Å²) in [5.74, 6) is 0.674. The lowest BCUT2D eigenvalue weighted by molar-refractivity contribution is -0.385. The minimum Gasteiger partial charge on any atom is -0.308 e. The molecule has 0 aliphatic rings. The Morgan fingerprint density at radius 2 is 2.10 bits per heavy atom. The van der Waals surface area contributed by atoms with E-state index in [0.717, 1.165) is 17.8 Å². The summed E-state index contributed by atoms with van der Waals surface area (Å²) in [5.41, 5.74) is 2.19. The quantitative estimate of drug-likeness (QED) is 0.666. The number of nitro benzene ring substituents is 1. The summed E-state index contributed by atoms with van der Waals surface area (Å²) in [6, 6.07) is 3.28. The van der Waals surface area contributed by atoms with Crippen molar-refractivity contribution in [1.29, 1.82) is 0 Å². The van der Waals surface area contributed by atoms with Crippen LogP contribution in [-0.2, 0) is 0 Å². The van der Waals surface area contributed by atoms with E-state index < -0.39 is 0 Å². The molecule has 0 radical (unpaired) electrons. The fraction of sp³-hybridized carbons (Fsp3) is 0.462. The van der Waals surface area contributed by atoms with E-state index in [2.05, 4.69) is 20.8 Å². The summed E-state index contributed by atoms with van der Waals surface area (Å²) >= 11 is 0. The number of nitro groups is 1. The number of aromatic nitrogens is 4. The Balaban J connectivity index is 2.51. The maximum Gasteiger partial charge on any atom is 0.272 e. The Kier molecular flexibility index (Phi) is 4.27. The molecule has 0 bridgehead atoms. The molecule has 0 fully saturated rings. The van der Waals surface area contributed by atoms with Gasteiger partial charge in [-0.05, 0) is 49.4 Å². The standard InChI is InChI=1S/C13H18N6O2/c1-5-14-10(4)13-15-16-17-18(13)11-6-9(3)12(19(20)21)7-8(11)2/h6-7,10,14H,5H2,1-4H3. The highest BCUT2D eigenvalue weighted by atomic mass is 16.6. The van der Waals surface area contributed by atoms with Crippen LogP contribution >= 0.6 is 0 Å². The predicted molar refractivity (Wildman–Crippen MR) is 77.4 cm³/mol. The highest BCUT2D eigenvalue weighted by molar-refractivity contribution is 5.52. The minimum absolute atomic E-state index is 0.0140. The number of nitrogens with zero attached hydrogens (tertiary/aromatic N) is 5. The van der Waals surface area contributed by atoms with Crippen LogP contribution in [0.2, 0.25) is 0 Å². The van der Waals surface area contributed by atoms with Crippen LogP contribution in [0.5, 0.6) is 0 Å². The van der Waals surface area contributed by atoms with Crippen molar-refractivity contribution in [2.75, 3.05) is 6.54 Å². The predicted octanol–water partition coefficient (Wildman–Crippen LogP) is 1.86. The van der Waals surface area contributed by atoms with Gasteiger partial charge in [0.15, 0.2) is 5.82 Å². The largest absolute Gasteiger partial charge is 0.308 e. The minimum atomic E-state index is -0.381. The van der Waals surface area contributed by atoms with Gasteiger partial charge in [0.1, 0.15) is 0 Å². The Bertz CT molecular complexity index is 667. The molecule has 1 atom stereocenters.